The fourth-order valence-electron chi connectivity index (χ4n) is 1.33. The van der Waals surface area contributed by atoms with Gasteiger partial charge in [0.25, 0.3) is 0 Å². The van der Waals surface area contributed by atoms with Crippen LogP contribution >= 0.6 is 23.2 Å². The lowest BCUT2D eigenvalue weighted by Crippen LogP contribution is -1.87. The number of hydrogen-bond acceptors (Lipinski definition) is 2. The molecule has 0 aromatic heterocycles. The van der Waals surface area contributed by atoms with Crippen molar-refractivity contribution in [2.45, 2.75) is 0 Å². The van der Waals surface area contributed by atoms with Crippen molar-refractivity contribution in [3.05, 3.63) is 58.1 Å². The van der Waals surface area contributed by atoms with Crippen LogP contribution in [0.3, 0.4) is 0 Å². The Balaban J connectivity index is 2.27. The van der Waals surface area contributed by atoms with Gasteiger partial charge in [-0.05, 0) is 36.4 Å². The van der Waals surface area contributed by atoms with E-state index in [0.717, 1.165) is 6.29 Å². The number of ether oxygens (including phenoxy) is 1. The first kappa shape index (κ1) is 12.0. The number of hydrogen-bond donors (Lipinski definition) is 0. The molecule has 2 aromatic rings. The summed E-state index contributed by atoms with van der Waals surface area (Å²) in [5.41, 5.74) is 0.508. The molecule has 86 valence electrons. The molecule has 2 rings (SSSR count). The number of rotatable bonds is 3. The van der Waals surface area contributed by atoms with Crippen LogP contribution < -0.4 is 4.74 Å². The van der Waals surface area contributed by atoms with Crippen molar-refractivity contribution in [2.24, 2.45) is 0 Å². The van der Waals surface area contributed by atoms with Crippen LogP contribution in [-0.2, 0) is 0 Å². The van der Waals surface area contributed by atoms with Crippen molar-refractivity contribution >= 4 is 29.5 Å². The van der Waals surface area contributed by atoms with E-state index in [2.05, 4.69) is 0 Å². The van der Waals surface area contributed by atoms with Crippen LogP contribution in [0.2, 0.25) is 10.0 Å². The van der Waals surface area contributed by atoms with Crippen LogP contribution in [0.15, 0.2) is 42.5 Å². The van der Waals surface area contributed by atoms with Gasteiger partial charge in [0.1, 0.15) is 17.8 Å². The minimum Gasteiger partial charge on any atom is -0.456 e. The Labute approximate surface area is 109 Å². The molecule has 0 saturated heterocycles. The van der Waals surface area contributed by atoms with E-state index in [9.17, 15) is 4.79 Å². The second kappa shape index (κ2) is 5.21. The first-order valence-electron chi connectivity index (χ1n) is 4.87. The number of halogens is 2. The van der Waals surface area contributed by atoms with E-state index >= 15 is 0 Å². The molecule has 2 aromatic carbocycles. The maximum atomic E-state index is 10.6. The zero-order chi connectivity index (χ0) is 12.3. The molecule has 0 heterocycles. The van der Waals surface area contributed by atoms with Crippen LogP contribution in [-0.4, -0.2) is 6.29 Å². The number of aldehydes is 1. The molecule has 0 aliphatic carbocycles. The monoisotopic (exact) mass is 266 g/mol. The summed E-state index contributed by atoms with van der Waals surface area (Å²) < 4.78 is 5.56. The van der Waals surface area contributed by atoms with E-state index in [1.54, 1.807) is 42.5 Å². The van der Waals surface area contributed by atoms with Crippen molar-refractivity contribution in [3.63, 3.8) is 0 Å². The van der Waals surface area contributed by atoms with Gasteiger partial charge in [-0.2, -0.15) is 0 Å². The third kappa shape index (κ3) is 2.99. The molecular formula is C13H8Cl2O2. The molecule has 0 aliphatic rings. The molecule has 0 unspecified atom stereocenters. The van der Waals surface area contributed by atoms with E-state index in [-0.39, 0.29) is 0 Å². The maximum absolute atomic E-state index is 10.6. The summed E-state index contributed by atoms with van der Waals surface area (Å²) in [6.45, 7) is 0. The summed E-state index contributed by atoms with van der Waals surface area (Å²) in [6.07, 6.45) is 0.731. The van der Waals surface area contributed by atoms with E-state index in [0.29, 0.717) is 27.1 Å². The van der Waals surface area contributed by atoms with Gasteiger partial charge in [-0.15, -0.1) is 0 Å². The Morgan fingerprint density at radius 2 is 1.88 bits per heavy atom. The van der Waals surface area contributed by atoms with Crippen LogP contribution in [0.5, 0.6) is 11.5 Å². The molecule has 0 spiro atoms. The standard InChI is InChI=1S/C13H8Cl2O2/c14-10-2-1-3-11(7-10)17-13-5-4-9(8-16)6-12(13)15/h1-8H. The third-order valence-corrected chi connectivity index (χ3v) is 2.65. The fraction of sp³-hybridized carbons (Fsp3) is 0. The quantitative estimate of drug-likeness (QED) is 0.760. The maximum Gasteiger partial charge on any atom is 0.150 e. The van der Waals surface area contributed by atoms with Crippen LogP contribution in [0.4, 0.5) is 0 Å². The normalized spacial score (nSPS) is 10.0. The van der Waals surface area contributed by atoms with Gasteiger partial charge in [0.15, 0.2) is 0 Å². The SMILES string of the molecule is O=Cc1ccc(Oc2cccc(Cl)c2)c(Cl)c1. The summed E-state index contributed by atoms with van der Waals surface area (Å²) in [5, 5.41) is 0.970. The Hall–Kier alpha value is -1.51. The number of carbonyl (C=O) groups is 1. The molecular weight excluding hydrogens is 259 g/mol. The summed E-state index contributed by atoms with van der Waals surface area (Å²) >= 11 is 11.8. The van der Waals surface area contributed by atoms with Crippen LogP contribution in [0.25, 0.3) is 0 Å². The van der Waals surface area contributed by atoms with Crippen molar-refractivity contribution in [3.8, 4) is 11.5 Å². The molecule has 17 heavy (non-hydrogen) atoms. The van der Waals surface area contributed by atoms with Gasteiger partial charge in [-0.25, -0.2) is 0 Å². The van der Waals surface area contributed by atoms with E-state index in [4.69, 9.17) is 27.9 Å². The summed E-state index contributed by atoms with van der Waals surface area (Å²) in [6, 6.07) is 11.8. The molecule has 4 heteroatoms. The molecule has 0 radical (unpaired) electrons. The average Bonchev–Trinajstić information content (AvgIpc) is 2.32. The largest absolute Gasteiger partial charge is 0.456 e. The Kier molecular flexibility index (Phi) is 3.67. The Morgan fingerprint density at radius 1 is 1.06 bits per heavy atom. The molecule has 0 atom stereocenters. The highest BCUT2D eigenvalue weighted by Crippen LogP contribution is 2.30. The molecule has 0 aliphatic heterocycles. The molecule has 2 nitrogen and oxygen atoms in total. The fourth-order valence-corrected chi connectivity index (χ4v) is 1.74. The molecule has 0 bridgehead atoms. The first-order chi connectivity index (χ1) is 8.19. The second-order valence-electron chi connectivity index (χ2n) is 3.37. The van der Waals surface area contributed by atoms with Gasteiger partial charge < -0.3 is 4.74 Å². The van der Waals surface area contributed by atoms with E-state index in [1.807, 2.05) is 0 Å². The molecule has 0 amide bonds. The Morgan fingerprint density at radius 3 is 2.53 bits per heavy atom. The molecule has 0 saturated carbocycles. The summed E-state index contributed by atoms with van der Waals surface area (Å²) in [5.74, 6) is 1.08. The zero-order valence-corrected chi connectivity index (χ0v) is 10.2. The minimum atomic E-state index is 0.384. The lowest BCUT2D eigenvalue weighted by atomic mass is 10.2. The van der Waals surface area contributed by atoms with Crippen molar-refractivity contribution in [2.75, 3.05) is 0 Å². The van der Waals surface area contributed by atoms with Gasteiger partial charge in [0.2, 0.25) is 0 Å². The smallest absolute Gasteiger partial charge is 0.150 e. The lowest BCUT2D eigenvalue weighted by molar-refractivity contribution is 0.112. The number of carbonyl (C=O) groups excluding carboxylic acids is 1. The van der Waals surface area contributed by atoms with Crippen LogP contribution in [0, 0.1) is 0 Å². The molecule has 0 N–H and O–H groups in total. The Bertz CT molecular complexity index is 553. The molecule has 0 fully saturated rings. The third-order valence-electron chi connectivity index (χ3n) is 2.12. The van der Waals surface area contributed by atoms with Crippen molar-refractivity contribution < 1.29 is 9.53 Å². The van der Waals surface area contributed by atoms with Gasteiger partial charge in [-0.1, -0.05) is 29.3 Å². The van der Waals surface area contributed by atoms with E-state index < -0.39 is 0 Å². The van der Waals surface area contributed by atoms with Gasteiger partial charge in [0.05, 0.1) is 5.02 Å². The van der Waals surface area contributed by atoms with E-state index in [1.165, 1.54) is 0 Å². The highest BCUT2D eigenvalue weighted by Gasteiger charge is 2.04. The average molecular weight is 267 g/mol. The first-order valence-corrected chi connectivity index (χ1v) is 5.63. The number of benzene rings is 2. The van der Waals surface area contributed by atoms with Gasteiger partial charge in [-0.3, -0.25) is 4.79 Å². The van der Waals surface area contributed by atoms with Gasteiger partial charge >= 0.3 is 0 Å². The van der Waals surface area contributed by atoms with Gasteiger partial charge in [0, 0.05) is 10.6 Å². The van der Waals surface area contributed by atoms with Crippen molar-refractivity contribution in [1.82, 2.24) is 0 Å². The summed E-state index contributed by atoms with van der Waals surface area (Å²) in [7, 11) is 0. The van der Waals surface area contributed by atoms with Crippen molar-refractivity contribution in [1.29, 1.82) is 0 Å². The zero-order valence-electron chi connectivity index (χ0n) is 8.69. The predicted molar refractivity (Wildman–Crippen MR) is 68.4 cm³/mol. The highest BCUT2D eigenvalue weighted by molar-refractivity contribution is 6.32. The predicted octanol–water partition coefficient (Wildman–Crippen LogP) is 4.60. The lowest BCUT2D eigenvalue weighted by Gasteiger charge is -2.07. The summed E-state index contributed by atoms with van der Waals surface area (Å²) in [4.78, 5) is 10.6. The highest BCUT2D eigenvalue weighted by atomic mass is 35.5. The second-order valence-corrected chi connectivity index (χ2v) is 4.21. The minimum absolute atomic E-state index is 0.384. The van der Waals surface area contributed by atoms with Crippen LogP contribution in [0.1, 0.15) is 10.4 Å². The topological polar surface area (TPSA) is 26.3 Å².